The van der Waals surface area contributed by atoms with Crippen LogP contribution in [0.2, 0.25) is 0 Å². The monoisotopic (exact) mass is 319 g/mol. The van der Waals surface area contributed by atoms with Gasteiger partial charge < -0.3 is 0 Å². The Hall–Kier alpha value is -2.02. The summed E-state index contributed by atoms with van der Waals surface area (Å²) in [4.78, 5) is 42.6. The maximum absolute atomic E-state index is 12.6. The second-order valence-corrected chi connectivity index (χ2v) is 6.63. The van der Waals surface area contributed by atoms with Gasteiger partial charge in [-0.1, -0.05) is 0 Å². The molecule has 3 rings (SSSR count). The second kappa shape index (κ2) is 5.31. The molecule has 0 saturated carbocycles. The zero-order chi connectivity index (χ0) is 16.0. The Morgan fingerprint density at radius 3 is 2.45 bits per heavy atom. The van der Waals surface area contributed by atoms with Crippen molar-refractivity contribution in [3.8, 4) is 10.6 Å². The Balaban J connectivity index is 2.29. The number of rotatable bonds is 1. The molecule has 116 valence electrons. The fraction of sp³-hybridized carbons (Fsp3) is 0.467. The molecule has 0 N–H and O–H groups in total. The molecule has 0 spiro atoms. The minimum absolute atomic E-state index is 0.357. The van der Waals surface area contributed by atoms with Crippen LogP contribution in [0.25, 0.3) is 10.6 Å². The molecular formula is C15H17N3O3S. The van der Waals surface area contributed by atoms with Crippen LogP contribution in [0.3, 0.4) is 0 Å². The lowest BCUT2D eigenvalue weighted by Crippen LogP contribution is -2.47. The van der Waals surface area contributed by atoms with E-state index in [1.54, 1.807) is 18.3 Å². The number of hydrogen-bond donors (Lipinski definition) is 0. The van der Waals surface area contributed by atoms with E-state index in [0.717, 1.165) is 45.9 Å². The van der Waals surface area contributed by atoms with E-state index in [-0.39, 0.29) is 0 Å². The van der Waals surface area contributed by atoms with Gasteiger partial charge in [-0.25, -0.2) is 9.66 Å². The molecule has 6 nitrogen and oxygen atoms in total. The number of aromatic nitrogens is 2. The molecule has 22 heavy (non-hydrogen) atoms. The first-order valence-electron chi connectivity index (χ1n) is 7.27. The first-order valence-corrected chi connectivity index (χ1v) is 8.09. The van der Waals surface area contributed by atoms with Crippen LogP contribution >= 0.6 is 11.3 Å². The Morgan fingerprint density at radius 2 is 1.82 bits per heavy atom. The van der Waals surface area contributed by atoms with Crippen molar-refractivity contribution in [2.75, 3.05) is 5.01 Å². The molecule has 0 bridgehead atoms. The van der Waals surface area contributed by atoms with Crippen LogP contribution in [0.15, 0.2) is 4.79 Å². The van der Waals surface area contributed by atoms with Gasteiger partial charge in [0.1, 0.15) is 5.69 Å². The number of fused-ring (bicyclic) bond motifs is 2. The lowest BCUT2D eigenvalue weighted by Gasteiger charge is -2.18. The Bertz CT molecular complexity index is 791. The molecule has 3 aliphatic rings. The van der Waals surface area contributed by atoms with E-state index in [9.17, 15) is 14.4 Å². The predicted molar refractivity (Wildman–Crippen MR) is 84.0 cm³/mol. The number of imide groups is 1. The quantitative estimate of drug-likeness (QED) is 0.801. The van der Waals surface area contributed by atoms with Gasteiger partial charge in [-0.15, -0.1) is 11.3 Å². The Morgan fingerprint density at radius 1 is 1.18 bits per heavy atom. The maximum Gasteiger partial charge on any atom is 0.297 e. The van der Waals surface area contributed by atoms with Crippen molar-refractivity contribution in [1.29, 1.82) is 0 Å². The lowest BCUT2D eigenvalue weighted by atomic mass is 10.0. The van der Waals surface area contributed by atoms with E-state index in [4.69, 9.17) is 0 Å². The highest BCUT2D eigenvalue weighted by atomic mass is 32.1. The highest BCUT2D eigenvalue weighted by Gasteiger charge is 2.29. The van der Waals surface area contributed by atoms with Crippen molar-refractivity contribution >= 4 is 23.2 Å². The summed E-state index contributed by atoms with van der Waals surface area (Å²) in [5.41, 5.74) is 1.53. The fourth-order valence-electron chi connectivity index (χ4n) is 2.93. The smallest absolute Gasteiger partial charge is 0.273 e. The summed E-state index contributed by atoms with van der Waals surface area (Å²) in [6.45, 7) is 4.29. The van der Waals surface area contributed by atoms with Gasteiger partial charge in [-0.3, -0.25) is 14.4 Å². The molecule has 0 unspecified atom stereocenters. The van der Waals surface area contributed by atoms with E-state index in [0.29, 0.717) is 11.4 Å². The van der Waals surface area contributed by atoms with Crippen LogP contribution in [0.1, 0.15) is 43.0 Å². The average Bonchev–Trinajstić information content (AvgIpc) is 2.70. The van der Waals surface area contributed by atoms with E-state index >= 15 is 0 Å². The number of nitrogens with zero attached hydrogens (tertiary/aromatic N) is 3. The second-order valence-electron chi connectivity index (χ2n) is 5.52. The molecule has 0 atom stereocenters. The summed E-state index contributed by atoms with van der Waals surface area (Å²) in [6, 6.07) is 0. The zero-order valence-corrected chi connectivity index (χ0v) is 13.6. The van der Waals surface area contributed by atoms with Crippen LogP contribution < -0.4 is 10.6 Å². The van der Waals surface area contributed by atoms with Crippen LogP contribution in [-0.4, -0.2) is 21.5 Å². The SMILES string of the molecule is CC(=O)N(C(C)=O)n1c(C)c2sc3c(nc-2c1=O)CCCC3. The first kappa shape index (κ1) is 14.9. The fourth-order valence-corrected chi connectivity index (χ4v) is 4.15. The molecule has 0 aromatic heterocycles. The topological polar surface area (TPSA) is 72.3 Å². The Labute approximate surface area is 131 Å². The van der Waals surface area contributed by atoms with Gasteiger partial charge in [0.2, 0.25) is 11.8 Å². The van der Waals surface area contributed by atoms with Gasteiger partial charge in [-0.2, -0.15) is 5.01 Å². The Kier molecular flexibility index (Phi) is 3.60. The van der Waals surface area contributed by atoms with Gasteiger partial charge in [0.05, 0.1) is 16.3 Å². The van der Waals surface area contributed by atoms with Crippen LogP contribution in [0.5, 0.6) is 0 Å². The van der Waals surface area contributed by atoms with E-state index in [1.807, 2.05) is 0 Å². The molecule has 0 fully saturated rings. The van der Waals surface area contributed by atoms with E-state index in [1.165, 1.54) is 18.7 Å². The van der Waals surface area contributed by atoms with Crippen LogP contribution in [0, 0.1) is 6.92 Å². The van der Waals surface area contributed by atoms with Crippen molar-refractivity contribution in [2.45, 2.75) is 46.5 Å². The van der Waals surface area contributed by atoms with Crippen molar-refractivity contribution in [2.24, 2.45) is 0 Å². The molecule has 0 aromatic carbocycles. The third kappa shape index (κ3) is 2.16. The molecule has 0 radical (unpaired) electrons. The minimum atomic E-state index is -0.484. The average molecular weight is 319 g/mol. The zero-order valence-electron chi connectivity index (χ0n) is 12.8. The summed E-state index contributed by atoms with van der Waals surface area (Å²) in [7, 11) is 0. The van der Waals surface area contributed by atoms with Crippen molar-refractivity contribution in [3.05, 3.63) is 26.6 Å². The first-order chi connectivity index (χ1) is 10.4. The molecule has 1 aliphatic carbocycles. The van der Waals surface area contributed by atoms with Gasteiger partial charge in [0, 0.05) is 18.7 Å². The summed E-state index contributed by atoms with van der Waals surface area (Å²) in [6.07, 6.45) is 4.08. The summed E-state index contributed by atoms with van der Waals surface area (Å²) < 4.78 is 1.16. The van der Waals surface area contributed by atoms with Crippen molar-refractivity contribution in [3.63, 3.8) is 0 Å². The third-order valence-electron chi connectivity index (χ3n) is 3.91. The largest absolute Gasteiger partial charge is 0.297 e. The van der Waals surface area contributed by atoms with E-state index < -0.39 is 17.4 Å². The minimum Gasteiger partial charge on any atom is -0.273 e. The third-order valence-corrected chi connectivity index (χ3v) is 5.29. The van der Waals surface area contributed by atoms with Gasteiger partial charge in [-0.05, 0) is 32.6 Å². The highest BCUT2D eigenvalue weighted by Crippen LogP contribution is 2.34. The maximum atomic E-state index is 12.6. The summed E-state index contributed by atoms with van der Waals surface area (Å²) in [5.74, 6) is -0.967. The number of amides is 2. The molecule has 2 amide bonds. The standard InChI is InChI=1S/C15H17N3O3S/c1-8-14-13(16-11-6-4-5-7-12(11)22-14)15(21)17(8)18(9(2)19)10(3)20/h4-7H2,1-3H3. The summed E-state index contributed by atoms with van der Waals surface area (Å²) in [5, 5.41) is 0.880. The lowest BCUT2D eigenvalue weighted by molar-refractivity contribution is -0.126. The van der Waals surface area contributed by atoms with Crippen molar-refractivity contribution < 1.29 is 9.59 Å². The highest BCUT2D eigenvalue weighted by molar-refractivity contribution is 7.15. The van der Waals surface area contributed by atoms with Gasteiger partial charge in [0.15, 0.2) is 0 Å². The molecule has 7 heteroatoms. The predicted octanol–water partition coefficient (Wildman–Crippen LogP) is 1.63. The van der Waals surface area contributed by atoms with E-state index in [2.05, 4.69) is 4.98 Å². The van der Waals surface area contributed by atoms with Crippen LogP contribution in [-0.2, 0) is 22.4 Å². The molecule has 2 heterocycles. The van der Waals surface area contributed by atoms with Gasteiger partial charge in [0.25, 0.3) is 5.56 Å². The number of hydrogen-bond acceptors (Lipinski definition) is 5. The molecule has 0 aromatic rings. The normalized spacial score (nSPS) is 14.0. The molecule has 2 aliphatic heterocycles. The number of carbonyl (C=O) groups is 2. The van der Waals surface area contributed by atoms with Crippen LogP contribution in [0.4, 0.5) is 0 Å². The number of aryl methyl sites for hydroxylation is 2. The summed E-state index contributed by atoms with van der Waals surface area (Å²) >= 11 is 1.56. The van der Waals surface area contributed by atoms with Gasteiger partial charge >= 0.3 is 0 Å². The number of carbonyl (C=O) groups excluding carboxylic acids is 2. The molecule has 0 saturated heterocycles. The molecular weight excluding hydrogens is 302 g/mol. The van der Waals surface area contributed by atoms with Crippen molar-refractivity contribution in [1.82, 2.24) is 9.66 Å².